The van der Waals surface area contributed by atoms with Crippen LogP contribution in [0.5, 0.6) is 5.75 Å². The predicted molar refractivity (Wildman–Crippen MR) is 82.8 cm³/mol. The van der Waals surface area contributed by atoms with Gasteiger partial charge in [0.05, 0.1) is 21.2 Å². The molecule has 0 saturated carbocycles. The lowest BCUT2D eigenvalue weighted by Gasteiger charge is -2.09. The van der Waals surface area contributed by atoms with Gasteiger partial charge < -0.3 is 10.4 Å². The summed E-state index contributed by atoms with van der Waals surface area (Å²) in [5.74, 6) is -0.591. The lowest BCUT2D eigenvalue weighted by atomic mass is 10.2. The van der Waals surface area contributed by atoms with Gasteiger partial charge in [0.2, 0.25) is 0 Å². The van der Waals surface area contributed by atoms with Crippen molar-refractivity contribution in [1.29, 1.82) is 0 Å². The summed E-state index contributed by atoms with van der Waals surface area (Å²) in [7, 11) is -3.40. The minimum atomic E-state index is -3.40. The number of aromatic hydroxyl groups is 1. The molecule has 1 aromatic heterocycles. The quantitative estimate of drug-likeness (QED) is 0.847. The fourth-order valence-electron chi connectivity index (χ4n) is 1.76. The van der Waals surface area contributed by atoms with Crippen LogP contribution < -0.4 is 5.32 Å². The highest BCUT2D eigenvalue weighted by Gasteiger charge is 2.17. The summed E-state index contributed by atoms with van der Waals surface area (Å²) in [6.07, 6.45) is 0. The Labute approximate surface area is 127 Å². The monoisotopic (exact) mass is 325 g/mol. The molecule has 1 amide bonds. The van der Waals surface area contributed by atoms with E-state index in [0.717, 1.165) is 5.56 Å². The molecule has 2 rings (SSSR count). The Bertz CT molecular complexity index is 778. The lowest BCUT2D eigenvalue weighted by Crippen LogP contribution is -2.12. The number of thiophene rings is 1. The number of anilines is 1. The van der Waals surface area contributed by atoms with Crippen molar-refractivity contribution in [2.45, 2.75) is 18.7 Å². The van der Waals surface area contributed by atoms with Crippen molar-refractivity contribution in [2.24, 2.45) is 0 Å². The number of phenolic OH excluding ortho intramolecular Hbond substituents is 1. The van der Waals surface area contributed by atoms with Crippen LogP contribution in [0.2, 0.25) is 0 Å². The average molecular weight is 325 g/mol. The Morgan fingerprint density at radius 3 is 2.62 bits per heavy atom. The number of benzene rings is 1. The summed E-state index contributed by atoms with van der Waals surface area (Å²) in [6.45, 7) is 3.35. The first-order chi connectivity index (χ1) is 9.85. The summed E-state index contributed by atoms with van der Waals surface area (Å²) < 4.78 is 23.7. The van der Waals surface area contributed by atoms with E-state index in [0.29, 0.717) is 4.88 Å². The normalized spacial score (nSPS) is 11.3. The Morgan fingerprint density at radius 2 is 2.05 bits per heavy atom. The lowest BCUT2D eigenvalue weighted by molar-refractivity contribution is 0.102. The molecule has 0 radical (unpaired) electrons. The number of carbonyl (C=O) groups is 1. The van der Waals surface area contributed by atoms with Crippen LogP contribution in [0.15, 0.2) is 34.5 Å². The number of amides is 1. The van der Waals surface area contributed by atoms with Crippen molar-refractivity contribution >= 4 is 32.8 Å². The van der Waals surface area contributed by atoms with Gasteiger partial charge in [-0.3, -0.25) is 4.79 Å². The molecule has 21 heavy (non-hydrogen) atoms. The zero-order valence-electron chi connectivity index (χ0n) is 11.6. The maximum atomic E-state index is 12.1. The van der Waals surface area contributed by atoms with Crippen LogP contribution in [0.3, 0.4) is 0 Å². The fraction of sp³-hybridized carbons (Fsp3) is 0.214. The third-order valence-electron chi connectivity index (χ3n) is 3.02. The number of rotatable bonds is 4. The first-order valence-electron chi connectivity index (χ1n) is 6.26. The third kappa shape index (κ3) is 3.25. The van der Waals surface area contributed by atoms with E-state index in [9.17, 15) is 18.3 Å². The SMILES string of the molecule is CCS(=O)(=O)c1ccc(O)c(NC(=O)c2sccc2C)c1. The molecular formula is C14H15NO4S2. The fourth-order valence-corrected chi connectivity index (χ4v) is 3.49. The summed E-state index contributed by atoms with van der Waals surface area (Å²) >= 11 is 1.29. The van der Waals surface area contributed by atoms with Crippen molar-refractivity contribution in [3.05, 3.63) is 40.1 Å². The zero-order chi connectivity index (χ0) is 15.6. The standard InChI is InChI=1S/C14H15NO4S2/c1-3-21(18,19)10-4-5-12(16)11(8-10)15-14(17)13-9(2)6-7-20-13/h4-8,16H,3H2,1-2H3,(H,15,17). The van der Waals surface area contributed by atoms with Gasteiger partial charge in [0.25, 0.3) is 5.91 Å². The average Bonchev–Trinajstić information content (AvgIpc) is 2.87. The molecule has 2 N–H and O–H groups in total. The Balaban J connectivity index is 2.34. The number of aryl methyl sites for hydroxylation is 1. The van der Waals surface area contributed by atoms with E-state index in [2.05, 4.69) is 5.32 Å². The van der Waals surface area contributed by atoms with Crippen molar-refractivity contribution in [3.8, 4) is 5.75 Å². The zero-order valence-corrected chi connectivity index (χ0v) is 13.2. The van der Waals surface area contributed by atoms with Gasteiger partial charge in [-0.15, -0.1) is 11.3 Å². The van der Waals surface area contributed by atoms with Crippen molar-refractivity contribution in [2.75, 3.05) is 11.1 Å². The molecule has 5 nitrogen and oxygen atoms in total. The van der Waals surface area contributed by atoms with Gasteiger partial charge in [-0.1, -0.05) is 6.92 Å². The number of sulfone groups is 1. The maximum absolute atomic E-state index is 12.1. The Morgan fingerprint density at radius 1 is 1.33 bits per heavy atom. The van der Waals surface area contributed by atoms with Gasteiger partial charge in [0.1, 0.15) is 5.75 Å². The summed E-state index contributed by atoms with van der Waals surface area (Å²) in [6, 6.07) is 5.67. The number of nitrogens with one attached hydrogen (secondary N) is 1. The van der Waals surface area contributed by atoms with Gasteiger partial charge >= 0.3 is 0 Å². The van der Waals surface area contributed by atoms with E-state index >= 15 is 0 Å². The highest BCUT2D eigenvalue weighted by atomic mass is 32.2. The second-order valence-electron chi connectivity index (χ2n) is 4.47. The van der Waals surface area contributed by atoms with E-state index in [-0.39, 0.29) is 28.0 Å². The van der Waals surface area contributed by atoms with Crippen molar-refractivity contribution in [1.82, 2.24) is 0 Å². The molecule has 0 saturated heterocycles. The molecule has 0 aliphatic rings. The van der Waals surface area contributed by atoms with Gasteiger partial charge in [-0.05, 0) is 42.1 Å². The van der Waals surface area contributed by atoms with Gasteiger partial charge in [-0.25, -0.2) is 8.42 Å². The summed E-state index contributed by atoms with van der Waals surface area (Å²) in [4.78, 5) is 12.7. The van der Waals surface area contributed by atoms with Gasteiger partial charge in [0.15, 0.2) is 9.84 Å². The molecule has 0 unspecified atom stereocenters. The predicted octanol–water partition coefficient (Wildman–Crippen LogP) is 2.81. The summed E-state index contributed by atoms with van der Waals surface area (Å²) in [5.41, 5.74) is 0.914. The van der Waals surface area contributed by atoms with Crippen LogP contribution in [0.4, 0.5) is 5.69 Å². The van der Waals surface area contributed by atoms with E-state index in [1.54, 1.807) is 5.38 Å². The molecule has 0 aliphatic heterocycles. The highest BCUT2D eigenvalue weighted by molar-refractivity contribution is 7.91. The van der Waals surface area contributed by atoms with Crippen LogP contribution >= 0.6 is 11.3 Å². The largest absolute Gasteiger partial charge is 0.506 e. The minimum absolute atomic E-state index is 0.0464. The second kappa shape index (κ2) is 5.87. The second-order valence-corrected chi connectivity index (χ2v) is 7.66. The van der Waals surface area contributed by atoms with Gasteiger partial charge in [0, 0.05) is 0 Å². The minimum Gasteiger partial charge on any atom is -0.506 e. The van der Waals surface area contributed by atoms with E-state index in [1.165, 1.54) is 36.5 Å². The molecule has 0 spiro atoms. The first kappa shape index (κ1) is 15.5. The van der Waals surface area contributed by atoms with Crippen LogP contribution in [-0.2, 0) is 9.84 Å². The van der Waals surface area contributed by atoms with E-state index < -0.39 is 9.84 Å². The topological polar surface area (TPSA) is 83.5 Å². The molecule has 0 fully saturated rings. The molecule has 1 aromatic carbocycles. The Kier molecular flexibility index (Phi) is 4.34. The number of hydrogen-bond acceptors (Lipinski definition) is 5. The van der Waals surface area contributed by atoms with E-state index in [4.69, 9.17) is 0 Å². The van der Waals surface area contributed by atoms with Crippen LogP contribution in [-0.4, -0.2) is 25.2 Å². The van der Waals surface area contributed by atoms with Gasteiger partial charge in [-0.2, -0.15) is 0 Å². The number of carbonyl (C=O) groups excluding carboxylic acids is 1. The van der Waals surface area contributed by atoms with E-state index in [1.807, 2.05) is 13.0 Å². The molecule has 7 heteroatoms. The molecule has 0 atom stereocenters. The highest BCUT2D eigenvalue weighted by Crippen LogP contribution is 2.28. The van der Waals surface area contributed by atoms with Crippen molar-refractivity contribution in [3.63, 3.8) is 0 Å². The smallest absolute Gasteiger partial charge is 0.266 e. The molecular weight excluding hydrogens is 310 g/mol. The molecule has 0 aliphatic carbocycles. The molecule has 1 heterocycles. The number of phenols is 1. The number of hydrogen-bond donors (Lipinski definition) is 2. The summed E-state index contributed by atoms with van der Waals surface area (Å²) in [5, 5.41) is 14.1. The first-order valence-corrected chi connectivity index (χ1v) is 8.79. The van der Waals surface area contributed by atoms with Crippen molar-refractivity contribution < 1.29 is 18.3 Å². The third-order valence-corrected chi connectivity index (χ3v) is 5.77. The molecule has 2 aromatic rings. The Hall–Kier alpha value is -1.86. The van der Waals surface area contributed by atoms with Crippen LogP contribution in [0, 0.1) is 6.92 Å². The van der Waals surface area contributed by atoms with Crippen LogP contribution in [0.25, 0.3) is 0 Å². The molecule has 112 valence electrons. The maximum Gasteiger partial charge on any atom is 0.266 e. The molecule has 0 bridgehead atoms. The van der Waals surface area contributed by atoms with Crippen LogP contribution in [0.1, 0.15) is 22.2 Å².